The molecule has 0 fully saturated rings. The van der Waals surface area contributed by atoms with Gasteiger partial charge in [-0.1, -0.05) is 56.7 Å². The van der Waals surface area contributed by atoms with Crippen LogP contribution in [0.2, 0.25) is 0 Å². The molecule has 8 heteroatoms. The second-order valence-electron chi connectivity index (χ2n) is 6.83. The Morgan fingerprint density at radius 3 is 2.67 bits per heavy atom. The minimum atomic E-state index is -0.387. The SMILES string of the molecule is CCCCc1nnc(NC(=O)c2nn(CC(C)C)c(=O)c3ccccc23)s1. The number of amides is 1. The Labute approximate surface area is 161 Å². The molecule has 0 aliphatic rings. The van der Waals surface area contributed by atoms with Crippen molar-refractivity contribution < 1.29 is 4.79 Å². The third kappa shape index (κ3) is 4.39. The second kappa shape index (κ2) is 8.39. The minimum Gasteiger partial charge on any atom is -0.295 e. The Bertz CT molecular complexity index is 1010. The van der Waals surface area contributed by atoms with E-state index in [0.717, 1.165) is 24.3 Å². The number of unbranched alkanes of at least 4 members (excludes halogenated alkanes) is 1. The molecule has 0 spiro atoms. The number of rotatable bonds is 7. The zero-order chi connectivity index (χ0) is 19.4. The predicted octanol–water partition coefficient (Wildman–Crippen LogP) is 3.50. The highest BCUT2D eigenvalue weighted by Gasteiger charge is 2.18. The molecule has 2 heterocycles. The van der Waals surface area contributed by atoms with Gasteiger partial charge in [0.15, 0.2) is 5.69 Å². The topological polar surface area (TPSA) is 89.8 Å². The summed E-state index contributed by atoms with van der Waals surface area (Å²) in [5.74, 6) is -0.154. The number of carbonyl (C=O) groups excluding carboxylic acids is 1. The highest BCUT2D eigenvalue weighted by molar-refractivity contribution is 7.15. The molecule has 27 heavy (non-hydrogen) atoms. The molecule has 0 saturated carbocycles. The van der Waals surface area contributed by atoms with Crippen LogP contribution in [0, 0.1) is 5.92 Å². The fourth-order valence-electron chi connectivity index (χ4n) is 2.76. The first kappa shape index (κ1) is 19.2. The van der Waals surface area contributed by atoms with Crippen LogP contribution in [-0.4, -0.2) is 25.9 Å². The normalized spacial score (nSPS) is 11.3. The summed E-state index contributed by atoms with van der Waals surface area (Å²) in [4.78, 5) is 25.5. The third-order valence-electron chi connectivity index (χ3n) is 4.05. The molecule has 0 unspecified atom stereocenters. The molecule has 3 aromatic rings. The van der Waals surface area contributed by atoms with E-state index in [0.29, 0.717) is 22.4 Å². The maximum atomic E-state index is 12.9. The summed E-state index contributed by atoms with van der Waals surface area (Å²) in [6.45, 7) is 6.57. The summed E-state index contributed by atoms with van der Waals surface area (Å²) in [5.41, 5.74) is 0.0322. The van der Waals surface area contributed by atoms with E-state index in [9.17, 15) is 9.59 Å². The van der Waals surface area contributed by atoms with Gasteiger partial charge in [-0.2, -0.15) is 5.10 Å². The van der Waals surface area contributed by atoms with E-state index >= 15 is 0 Å². The van der Waals surface area contributed by atoms with E-state index in [-0.39, 0.29) is 23.1 Å². The largest absolute Gasteiger partial charge is 0.295 e. The van der Waals surface area contributed by atoms with Crippen LogP contribution < -0.4 is 10.9 Å². The van der Waals surface area contributed by atoms with Crippen LogP contribution in [0.25, 0.3) is 10.8 Å². The van der Waals surface area contributed by atoms with Crippen molar-refractivity contribution in [3.8, 4) is 0 Å². The lowest BCUT2D eigenvalue weighted by atomic mass is 10.1. The van der Waals surface area contributed by atoms with Crippen molar-refractivity contribution in [2.45, 2.75) is 46.6 Å². The molecule has 0 bridgehead atoms. The first-order chi connectivity index (χ1) is 13.0. The van der Waals surface area contributed by atoms with Crippen molar-refractivity contribution in [2.24, 2.45) is 5.92 Å². The average molecular weight is 385 g/mol. The molecular weight excluding hydrogens is 362 g/mol. The maximum absolute atomic E-state index is 12.9. The monoisotopic (exact) mass is 385 g/mol. The van der Waals surface area contributed by atoms with Crippen molar-refractivity contribution in [3.63, 3.8) is 0 Å². The van der Waals surface area contributed by atoms with Gasteiger partial charge in [-0.25, -0.2) is 4.68 Å². The Hall–Kier alpha value is -2.61. The second-order valence-corrected chi connectivity index (χ2v) is 7.90. The maximum Gasteiger partial charge on any atom is 0.278 e. The molecule has 1 N–H and O–H groups in total. The Balaban J connectivity index is 1.95. The molecule has 7 nitrogen and oxygen atoms in total. The Morgan fingerprint density at radius 1 is 1.22 bits per heavy atom. The highest BCUT2D eigenvalue weighted by Crippen LogP contribution is 2.20. The first-order valence-corrected chi connectivity index (χ1v) is 9.94. The molecule has 3 rings (SSSR count). The summed E-state index contributed by atoms with van der Waals surface area (Å²) >= 11 is 1.37. The van der Waals surface area contributed by atoms with E-state index in [1.54, 1.807) is 24.3 Å². The zero-order valence-corrected chi connectivity index (χ0v) is 16.5. The molecule has 1 amide bonds. The molecular formula is C19H23N5O2S. The van der Waals surface area contributed by atoms with Crippen LogP contribution in [0.15, 0.2) is 29.1 Å². The number of nitrogens with zero attached hydrogens (tertiary/aromatic N) is 4. The molecule has 0 saturated heterocycles. The Morgan fingerprint density at radius 2 is 1.96 bits per heavy atom. The molecule has 1 aromatic carbocycles. The molecule has 0 aliphatic carbocycles. The highest BCUT2D eigenvalue weighted by atomic mass is 32.1. The van der Waals surface area contributed by atoms with Crippen molar-refractivity contribution in [3.05, 3.63) is 45.3 Å². The third-order valence-corrected chi connectivity index (χ3v) is 4.95. The van der Waals surface area contributed by atoms with Gasteiger partial charge in [0.2, 0.25) is 5.13 Å². The van der Waals surface area contributed by atoms with Gasteiger partial charge in [-0.05, 0) is 18.4 Å². The van der Waals surface area contributed by atoms with Gasteiger partial charge in [0.05, 0.1) is 5.39 Å². The van der Waals surface area contributed by atoms with Gasteiger partial charge in [-0.3, -0.25) is 14.9 Å². The quantitative estimate of drug-likeness (QED) is 0.672. The summed E-state index contributed by atoms with van der Waals surface area (Å²) in [7, 11) is 0. The van der Waals surface area contributed by atoms with Gasteiger partial charge in [0, 0.05) is 18.4 Å². The van der Waals surface area contributed by atoms with E-state index in [2.05, 4.69) is 27.5 Å². The fraction of sp³-hybridized carbons (Fsp3) is 0.421. The van der Waals surface area contributed by atoms with Crippen molar-refractivity contribution >= 4 is 33.1 Å². The van der Waals surface area contributed by atoms with E-state index in [1.165, 1.54) is 16.0 Å². The van der Waals surface area contributed by atoms with E-state index in [4.69, 9.17) is 0 Å². The van der Waals surface area contributed by atoms with Crippen LogP contribution >= 0.6 is 11.3 Å². The fourth-order valence-corrected chi connectivity index (χ4v) is 3.54. The number of anilines is 1. The molecule has 0 aliphatic heterocycles. The zero-order valence-electron chi connectivity index (χ0n) is 15.7. The Kier molecular flexibility index (Phi) is 5.95. The van der Waals surface area contributed by atoms with Crippen LogP contribution in [0.4, 0.5) is 5.13 Å². The van der Waals surface area contributed by atoms with Crippen LogP contribution in [0.1, 0.15) is 49.1 Å². The average Bonchev–Trinajstić information content (AvgIpc) is 3.09. The smallest absolute Gasteiger partial charge is 0.278 e. The standard InChI is InChI=1S/C19H23N5O2S/c1-4-5-10-15-21-22-19(27-15)20-17(25)16-13-8-6-7-9-14(13)18(26)24(23-16)11-12(2)3/h6-9,12H,4-5,10-11H2,1-3H3,(H,20,22,25). The van der Waals surface area contributed by atoms with E-state index in [1.807, 2.05) is 13.8 Å². The van der Waals surface area contributed by atoms with Gasteiger partial charge >= 0.3 is 0 Å². The van der Waals surface area contributed by atoms with Gasteiger partial charge < -0.3 is 0 Å². The number of hydrogen-bond donors (Lipinski definition) is 1. The number of fused-ring (bicyclic) bond motifs is 1. The van der Waals surface area contributed by atoms with Gasteiger partial charge in [0.25, 0.3) is 11.5 Å². The molecule has 0 radical (unpaired) electrons. The van der Waals surface area contributed by atoms with Crippen LogP contribution in [0.3, 0.4) is 0 Å². The van der Waals surface area contributed by atoms with E-state index < -0.39 is 0 Å². The van der Waals surface area contributed by atoms with Gasteiger partial charge in [-0.15, -0.1) is 10.2 Å². The van der Waals surface area contributed by atoms with Crippen molar-refractivity contribution in [1.29, 1.82) is 0 Å². The summed E-state index contributed by atoms with van der Waals surface area (Å²) in [6.07, 6.45) is 2.97. The number of hydrogen-bond acceptors (Lipinski definition) is 6. The molecule has 2 aromatic heterocycles. The number of benzene rings is 1. The van der Waals surface area contributed by atoms with Crippen molar-refractivity contribution in [1.82, 2.24) is 20.0 Å². The number of nitrogens with one attached hydrogen (secondary N) is 1. The van der Waals surface area contributed by atoms with Crippen molar-refractivity contribution in [2.75, 3.05) is 5.32 Å². The summed E-state index contributed by atoms with van der Waals surface area (Å²) in [5, 5.41) is 17.6. The predicted molar refractivity (Wildman–Crippen MR) is 107 cm³/mol. The lowest BCUT2D eigenvalue weighted by molar-refractivity contribution is 0.102. The summed E-state index contributed by atoms with van der Waals surface area (Å²) in [6, 6.07) is 7.04. The molecule has 142 valence electrons. The number of carbonyl (C=O) groups is 1. The van der Waals surface area contributed by atoms with Crippen LogP contribution in [-0.2, 0) is 13.0 Å². The number of aromatic nitrogens is 4. The lowest BCUT2D eigenvalue weighted by Crippen LogP contribution is -2.29. The van der Waals surface area contributed by atoms with Gasteiger partial charge in [0.1, 0.15) is 5.01 Å². The summed E-state index contributed by atoms with van der Waals surface area (Å²) < 4.78 is 1.37. The first-order valence-electron chi connectivity index (χ1n) is 9.13. The number of aryl methyl sites for hydroxylation is 1. The minimum absolute atomic E-state index is 0.186. The molecule has 0 atom stereocenters. The van der Waals surface area contributed by atoms with Crippen LogP contribution in [0.5, 0.6) is 0 Å². The lowest BCUT2D eigenvalue weighted by Gasteiger charge is -2.12.